The highest BCUT2D eigenvalue weighted by atomic mass is 19.1. The number of aromatic nitrogens is 3. The Bertz CT molecular complexity index is 1810. The van der Waals surface area contributed by atoms with E-state index in [2.05, 4.69) is 20.5 Å². The van der Waals surface area contributed by atoms with Crippen molar-refractivity contribution in [3.8, 4) is 0 Å². The lowest BCUT2D eigenvalue weighted by molar-refractivity contribution is 0.0341. The number of carbonyl (C=O) groups excluding carboxylic acids is 1. The molecule has 2 unspecified atom stereocenters. The number of ether oxygens (including phenoxy) is 2. The molecule has 4 atom stereocenters. The molecule has 0 bridgehead atoms. The lowest BCUT2D eigenvalue weighted by Crippen LogP contribution is -2.33. The summed E-state index contributed by atoms with van der Waals surface area (Å²) in [5, 5.41) is 15.7. The van der Waals surface area contributed by atoms with Gasteiger partial charge >= 0.3 is 6.09 Å². The number of fused-ring (bicyclic) bond motifs is 2. The van der Waals surface area contributed by atoms with Gasteiger partial charge in [-0.15, -0.1) is 0 Å². The normalized spacial score (nSPS) is 22.2. The summed E-state index contributed by atoms with van der Waals surface area (Å²) in [4.78, 5) is 39.1. The molecule has 4 aromatic rings. The smallest absolute Gasteiger partial charge is 0.407 e. The van der Waals surface area contributed by atoms with Crippen molar-refractivity contribution in [3.63, 3.8) is 0 Å². The second kappa shape index (κ2) is 12.9. The Morgan fingerprint density at radius 1 is 1.13 bits per heavy atom. The average Bonchev–Trinajstić information content (AvgIpc) is 3.79. The van der Waals surface area contributed by atoms with Gasteiger partial charge < -0.3 is 30.0 Å². The molecule has 2 aromatic carbocycles. The van der Waals surface area contributed by atoms with E-state index in [-0.39, 0.29) is 23.9 Å². The Hall–Kier alpha value is -4.84. The Labute approximate surface area is 265 Å². The van der Waals surface area contributed by atoms with E-state index < -0.39 is 17.5 Å². The maximum absolute atomic E-state index is 14.6. The molecule has 0 spiro atoms. The minimum absolute atomic E-state index is 0.0270. The third-order valence-corrected chi connectivity index (χ3v) is 9.32. The molecule has 3 aliphatic rings. The quantitative estimate of drug-likeness (QED) is 0.194. The molecule has 0 radical (unpaired) electrons. The molecule has 12 heteroatoms. The second-order valence-corrected chi connectivity index (χ2v) is 12.2. The van der Waals surface area contributed by atoms with Gasteiger partial charge in [0.2, 0.25) is 0 Å². The second-order valence-electron chi connectivity index (χ2n) is 12.2. The summed E-state index contributed by atoms with van der Waals surface area (Å²) in [6.07, 6.45) is 6.20. The first kappa shape index (κ1) is 29.8. The van der Waals surface area contributed by atoms with Gasteiger partial charge in [-0.05, 0) is 67.2 Å². The van der Waals surface area contributed by atoms with E-state index in [1.165, 1.54) is 18.3 Å². The number of aromatic amines is 1. The molecule has 46 heavy (non-hydrogen) atoms. The van der Waals surface area contributed by atoms with Crippen molar-refractivity contribution in [2.75, 3.05) is 36.5 Å². The SMILES string of the molecule is N=C(c1ncc(N2CC[C@H]3C(CNC(=O)OCc4ccccc4)[C@H]3C2)nc1NC1CCCCO1)c1ccc(F)c2c(=O)[nH]ccc12. The number of hydrogen-bond acceptors (Lipinski definition) is 9. The molecule has 1 amide bonds. The van der Waals surface area contributed by atoms with E-state index in [0.717, 1.165) is 44.3 Å². The van der Waals surface area contributed by atoms with Crippen LogP contribution in [-0.4, -0.2) is 59.2 Å². The number of nitrogens with one attached hydrogen (secondary N) is 4. The van der Waals surface area contributed by atoms with Gasteiger partial charge in [0, 0.05) is 43.4 Å². The number of alkyl carbamates (subject to hydrolysis) is 1. The van der Waals surface area contributed by atoms with Gasteiger partial charge in [-0.1, -0.05) is 30.3 Å². The topological polar surface area (TPSA) is 145 Å². The number of benzene rings is 2. The van der Waals surface area contributed by atoms with E-state index in [9.17, 15) is 14.0 Å². The van der Waals surface area contributed by atoms with Crippen LogP contribution in [0.25, 0.3) is 10.8 Å². The number of H-pyrrole nitrogens is 1. The summed E-state index contributed by atoms with van der Waals surface area (Å²) < 4.78 is 25.9. The van der Waals surface area contributed by atoms with Crippen molar-refractivity contribution in [1.29, 1.82) is 5.41 Å². The van der Waals surface area contributed by atoms with Crippen LogP contribution in [0.1, 0.15) is 42.5 Å². The highest BCUT2D eigenvalue weighted by Crippen LogP contribution is 2.51. The first-order valence-electron chi connectivity index (χ1n) is 15.8. The Morgan fingerprint density at radius 2 is 2.00 bits per heavy atom. The third-order valence-electron chi connectivity index (χ3n) is 9.32. The molecule has 11 nitrogen and oxygen atoms in total. The highest BCUT2D eigenvalue weighted by Gasteiger charge is 2.52. The lowest BCUT2D eigenvalue weighted by atomic mass is 9.99. The van der Waals surface area contributed by atoms with Gasteiger partial charge in [0.05, 0.1) is 17.3 Å². The number of pyridine rings is 1. The van der Waals surface area contributed by atoms with Gasteiger partial charge in [0.25, 0.3) is 5.56 Å². The molecule has 7 rings (SSSR count). The number of amides is 1. The molecule has 238 valence electrons. The minimum Gasteiger partial charge on any atom is -0.445 e. The van der Waals surface area contributed by atoms with Crippen LogP contribution in [0.5, 0.6) is 0 Å². The molecule has 1 aliphatic carbocycles. The molecular weight excluding hydrogens is 589 g/mol. The zero-order chi connectivity index (χ0) is 31.6. The van der Waals surface area contributed by atoms with Crippen molar-refractivity contribution in [2.24, 2.45) is 17.8 Å². The fourth-order valence-corrected chi connectivity index (χ4v) is 6.80. The lowest BCUT2D eigenvalue weighted by Gasteiger charge is -2.29. The fourth-order valence-electron chi connectivity index (χ4n) is 6.80. The van der Waals surface area contributed by atoms with Crippen LogP contribution < -0.4 is 21.1 Å². The van der Waals surface area contributed by atoms with Crippen LogP contribution in [0.3, 0.4) is 0 Å². The van der Waals surface area contributed by atoms with Crippen molar-refractivity contribution in [3.05, 3.63) is 93.9 Å². The Morgan fingerprint density at radius 3 is 2.83 bits per heavy atom. The molecule has 2 aromatic heterocycles. The maximum atomic E-state index is 14.6. The van der Waals surface area contributed by atoms with Crippen molar-refractivity contribution in [2.45, 2.75) is 38.5 Å². The highest BCUT2D eigenvalue weighted by molar-refractivity contribution is 6.18. The first-order valence-corrected chi connectivity index (χ1v) is 15.8. The van der Waals surface area contributed by atoms with Gasteiger partial charge in [-0.25, -0.2) is 19.2 Å². The number of rotatable bonds is 9. The molecule has 2 aliphatic heterocycles. The molecular formula is C34H36FN7O4. The van der Waals surface area contributed by atoms with Crippen molar-refractivity contribution in [1.82, 2.24) is 20.3 Å². The van der Waals surface area contributed by atoms with E-state index >= 15 is 0 Å². The van der Waals surface area contributed by atoms with E-state index in [0.29, 0.717) is 59.2 Å². The van der Waals surface area contributed by atoms with Gasteiger partial charge in [-0.3, -0.25) is 10.2 Å². The van der Waals surface area contributed by atoms with Crippen LogP contribution in [0, 0.1) is 29.0 Å². The number of halogens is 1. The Balaban J connectivity index is 1.06. The van der Waals surface area contributed by atoms with E-state index in [4.69, 9.17) is 24.9 Å². The fraction of sp³-hybridized carbons (Fsp3) is 0.382. The van der Waals surface area contributed by atoms with Gasteiger partial charge in [-0.2, -0.15) is 0 Å². The summed E-state index contributed by atoms with van der Waals surface area (Å²) >= 11 is 0. The summed E-state index contributed by atoms with van der Waals surface area (Å²) in [7, 11) is 0. The van der Waals surface area contributed by atoms with Crippen LogP contribution in [0.15, 0.2) is 65.7 Å². The molecule has 3 fully saturated rings. The number of piperidine rings is 1. The zero-order valence-electron chi connectivity index (χ0n) is 25.3. The van der Waals surface area contributed by atoms with Crippen molar-refractivity contribution >= 4 is 34.2 Å². The predicted octanol–water partition coefficient (Wildman–Crippen LogP) is 4.81. The minimum atomic E-state index is -0.648. The first-order chi connectivity index (χ1) is 22.5. The standard InChI is InChI=1S/C34H36FN7O4/c35-26-10-9-23(22-11-13-37-33(43)29(22)26)30(36)31-32(41-28-8-4-5-15-45-28)40-27(17-38-31)42-14-12-21-24(25(21)18-42)16-39-34(44)46-19-20-6-2-1-3-7-20/h1-3,6-7,9-11,13,17,21,24-25,28,36H,4-5,8,12,14-16,18-19H2,(H,37,43)(H,39,44)(H,40,41)/t21-,24?,25-,28?/m0/s1. The monoisotopic (exact) mass is 625 g/mol. The summed E-state index contributed by atoms with van der Waals surface area (Å²) in [5.74, 6) is 1.78. The Kier molecular flexibility index (Phi) is 8.35. The van der Waals surface area contributed by atoms with Crippen LogP contribution in [0.4, 0.5) is 20.8 Å². The number of carbonyl (C=O) groups is 1. The summed E-state index contributed by atoms with van der Waals surface area (Å²) in [5.41, 5.74) is 1.10. The van der Waals surface area contributed by atoms with E-state index in [1.54, 1.807) is 12.3 Å². The summed E-state index contributed by atoms with van der Waals surface area (Å²) in [6.45, 7) is 3.02. The van der Waals surface area contributed by atoms with Crippen molar-refractivity contribution < 1.29 is 18.7 Å². The number of hydrogen-bond donors (Lipinski definition) is 4. The molecule has 1 saturated carbocycles. The van der Waals surface area contributed by atoms with Gasteiger partial charge in [0.1, 0.15) is 30.2 Å². The largest absolute Gasteiger partial charge is 0.445 e. The predicted molar refractivity (Wildman–Crippen MR) is 172 cm³/mol. The number of anilines is 2. The molecule has 4 heterocycles. The maximum Gasteiger partial charge on any atom is 0.407 e. The number of nitrogens with zero attached hydrogens (tertiary/aromatic N) is 3. The van der Waals surface area contributed by atoms with E-state index in [1.807, 2.05) is 30.3 Å². The summed E-state index contributed by atoms with van der Waals surface area (Å²) in [6, 6.07) is 13.9. The zero-order valence-corrected chi connectivity index (χ0v) is 25.3. The van der Waals surface area contributed by atoms with Gasteiger partial charge in [0.15, 0.2) is 5.82 Å². The molecule has 4 N–H and O–H groups in total. The molecule has 2 saturated heterocycles. The third kappa shape index (κ3) is 6.17. The van der Waals surface area contributed by atoms with Crippen LogP contribution >= 0.6 is 0 Å². The van der Waals surface area contributed by atoms with Crippen LogP contribution in [-0.2, 0) is 16.1 Å². The van der Waals surface area contributed by atoms with Crippen LogP contribution in [0.2, 0.25) is 0 Å². The average molecular weight is 626 g/mol.